The zero-order valence-corrected chi connectivity index (χ0v) is 20.7. The SMILES string of the molecule is CC=CCCc1cc2ccc(C3CCC4CC(CCCCCC)CCC4C3)c(F)c2cc1F. The normalized spacial score (nSPS) is 25.6. The zero-order chi connectivity index (χ0) is 23.2. The van der Waals surface area contributed by atoms with Gasteiger partial charge in [0.1, 0.15) is 11.6 Å². The number of allylic oxidation sites excluding steroid dienone is 2. The Kier molecular flexibility index (Phi) is 8.61. The lowest BCUT2D eigenvalue weighted by atomic mass is 9.63. The molecule has 0 aromatic heterocycles. The van der Waals surface area contributed by atoms with Crippen molar-refractivity contribution in [2.75, 3.05) is 0 Å². The van der Waals surface area contributed by atoms with Crippen molar-refractivity contribution in [2.45, 2.75) is 103 Å². The van der Waals surface area contributed by atoms with Crippen LogP contribution in [0.2, 0.25) is 0 Å². The Labute approximate surface area is 199 Å². The van der Waals surface area contributed by atoms with E-state index in [1.807, 2.05) is 37.3 Å². The smallest absolute Gasteiger partial charge is 0.134 e. The Bertz CT molecular complexity index is 944. The van der Waals surface area contributed by atoms with Crippen molar-refractivity contribution in [2.24, 2.45) is 17.8 Å². The first-order chi connectivity index (χ1) is 16.1. The van der Waals surface area contributed by atoms with E-state index < -0.39 is 0 Å². The van der Waals surface area contributed by atoms with Gasteiger partial charge in [0.25, 0.3) is 0 Å². The average molecular weight is 453 g/mol. The summed E-state index contributed by atoms with van der Waals surface area (Å²) in [4.78, 5) is 0. The van der Waals surface area contributed by atoms with Crippen LogP contribution in [0.4, 0.5) is 8.78 Å². The largest absolute Gasteiger partial charge is 0.207 e. The summed E-state index contributed by atoms with van der Waals surface area (Å²) >= 11 is 0. The minimum Gasteiger partial charge on any atom is -0.207 e. The quantitative estimate of drug-likeness (QED) is 0.262. The number of aryl methyl sites for hydroxylation is 1. The molecule has 0 saturated heterocycles. The van der Waals surface area contributed by atoms with Crippen LogP contribution >= 0.6 is 0 Å². The van der Waals surface area contributed by atoms with Crippen LogP contribution in [0.1, 0.15) is 108 Å². The van der Waals surface area contributed by atoms with Crippen LogP contribution in [0.15, 0.2) is 36.4 Å². The van der Waals surface area contributed by atoms with Gasteiger partial charge in [0.05, 0.1) is 0 Å². The molecule has 2 fully saturated rings. The highest BCUT2D eigenvalue weighted by atomic mass is 19.1. The first kappa shape index (κ1) is 24.4. The molecule has 0 radical (unpaired) electrons. The third kappa shape index (κ3) is 5.87. The molecule has 0 N–H and O–H groups in total. The van der Waals surface area contributed by atoms with E-state index >= 15 is 4.39 Å². The molecule has 0 bridgehead atoms. The molecular formula is C31H42F2. The highest BCUT2D eigenvalue weighted by Crippen LogP contribution is 2.49. The fourth-order valence-electron chi connectivity index (χ4n) is 6.68. The van der Waals surface area contributed by atoms with E-state index in [0.717, 1.165) is 48.0 Å². The summed E-state index contributed by atoms with van der Waals surface area (Å²) < 4.78 is 30.3. The summed E-state index contributed by atoms with van der Waals surface area (Å²) in [5.41, 5.74) is 1.50. The number of halogens is 2. The molecule has 4 atom stereocenters. The molecule has 0 amide bonds. The van der Waals surface area contributed by atoms with Gasteiger partial charge < -0.3 is 0 Å². The summed E-state index contributed by atoms with van der Waals surface area (Å²) in [6.45, 7) is 4.25. The Morgan fingerprint density at radius 3 is 2.58 bits per heavy atom. The van der Waals surface area contributed by atoms with Crippen LogP contribution in [0, 0.1) is 29.4 Å². The highest BCUT2D eigenvalue weighted by Gasteiger charge is 2.36. The maximum absolute atomic E-state index is 15.6. The second kappa shape index (κ2) is 11.6. The van der Waals surface area contributed by atoms with E-state index in [9.17, 15) is 4.39 Å². The third-order valence-corrected chi connectivity index (χ3v) is 8.59. The van der Waals surface area contributed by atoms with Gasteiger partial charge in [0, 0.05) is 5.39 Å². The maximum Gasteiger partial charge on any atom is 0.134 e. The molecule has 33 heavy (non-hydrogen) atoms. The van der Waals surface area contributed by atoms with E-state index in [0.29, 0.717) is 17.4 Å². The van der Waals surface area contributed by atoms with Crippen LogP contribution in [0.3, 0.4) is 0 Å². The van der Waals surface area contributed by atoms with Crippen molar-refractivity contribution in [3.05, 3.63) is 59.2 Å². The number of rotatable bonds is 9. The van der Waals surface area contributed by atoms with Crippen molar-refractivity contribution >= 4 is 10.8 Å². The monoisotopic (exact) mass is 452 g/mol. The maximum atomic E-state index is 15.6. The van der Waals surface area contributed by atoms with Gasteiger partial charge in [-0.3, -0.25) is 0 Å². The fraction of sp³-hybridized carbons (Fsp3) is 0.613. The fourth-order valence-corrected chi connectivity index (χ4v) is 6.68. The van der Waals surface area contributed by atoms with E-state index in [4.69, 9.17) is 0 Å². The first-order valence-electron chi connectivity index (χ1n) is 13.6. The molecule has 0 spiro atoms. The van der Waals surface area contributed by atoms with Gasteiger partial charge >= 0.3 is 0 Å². The predicted octanol–water partition coefficient (Wildman–Crippen LogP) is 9.90. The minimum absolute atomic E-state index is 0.181. The lowest BCUT2D eigenvalue weighted by Gasteiger charge is -2.42. The first-order valence-corrected chi connectivity index (χ1v) is 13.6. The van der Waals surface area contributed by atoms with Gasteiger partial charge in [0.15, 0.2) is 0 Å². The molecule has 2 aromatic rings. The van der Waals surface area contributed by atoms with Crippen LogP contribution in [-0.4, -0.2) is 0 Å². The van der Waals surface area contributed by atoms with Crippen molar-refractivity contribution in [1.29, 1.82) is 0 Å². The second-order valence-corrected chi connectivity index (χ2v) is 10.8. The number of hydrogen-bond acceptors (Lipinski definition) is 0. The molecule has 4 unspecified atom stereocenters. The van der Waals surface area contributed by atoms with Crippen molar-refractivity contribution < 1.29 is 8.78 Å². The Hall–Kier alpha value is -1.70. The van der Waals surface area contributed by atoms with Gasteiger partial charge in [-0.25, -0.2) is 8.78 Å². The summed E-state index contributed by atoms with van der Waals surface area (Å²) in [5.74, 6) is 2.34. The number of benzene rings is 2. The lowest BCUT2D eigenvalue weighted by Crippen LogP contribution is -2.30. The van der Waals surface area contributed by atoms with Crippen LogP contribution in [0.5, 0.6) is 0 Å². The van der Waals surface area contributed by atoms with E-state index in [1.165, 1.54) is 63.9 Å². The molecule has 180 valence electrons. The molecular weight excluding hydrogens is 410 g/mol. The number of unbranched alkanes of at least 4 members (excludes halogenated alkanes) is 3. The molecule has 2 heteroatoms. The number of hydrogen-bond donors (Lipinski definition) is 0. The highest BCUT2D eigenvalue weighted by molar-refractivity contribution is 5.85. The van der Waals surface area contributed by atoms with Crippen molar-refractivity contribution in [1.82, 2.24) is 0 Å². The van der Waals surface area contributed by atoms with Gasteiger partial charge in [-0.05, 0) is 104 Å². The second-order valence-electron chi connectivity index (χ2n) is 10.8. The van der Waals surface area contributed by atoms with Crippen LogP contribution in [0.25, 0.3) is 10.8 Å². The molecule has 0 heterocycles. The molecule has 0 aliphatic heterocycles. The lowest BCUT2D eigenvalue weighted by molar-refractivity contribution is 0.112. The van der Waals surface area contributed by atoms with Gasteiger partial charge in [-0.1, -0.05) is 69.7 Å². The molecule has 2 saturated carbocycles. The van der Waals surface area contributed by atoms with Gasteiger partial charge in [-0.15, -0.1) is 0 Å². The summed E-state index contributed by atoms with van der Waals surface area (Å²) in [6, 6.07) is 7.30. The Morgan fingerprint density at radius 2 is 1.76 bits per heavy atom. The van der Waals surface area contributed by atoms with E-state index in [1.54, 1.807) is 0 Å². The summed E-state index contributed by atoms with van der Waals surface area (Å²) in [7, 11) is 0. The number of fused-ring (bicyclic) bond motifs is 2. The zero-order valence-electron chi connectivity index (χ0n) is 20.7. The minimum atomic E-state index is -0.274. The molecule has 0 nitrogen and oxygen atoms in total. The summed E-state index contributed by atoms with van der Waals surface area (Å²) in [6.07, 6.45) is 19.9. The standard InChI is InChI=1S/C31H42F2/c1-3-5-7-9-10-22-12-13-24-19-25(15-14-23(24)18-22)28-17-16-26-20-27(11-8-6-4-2)30(32)21-29(26)31(28)33/h4,6,16-17,20-25H,3,5,7-15,18-19H2,1-2H3. The average Bonchev–Trinajstić information content (AvgIpc) is 2.83. The molecule has 2 aromatic carbocycles. The molecule has 2 aliphatic carbocycles. The molecule has 2 aliphatic rings. The van der Waals surface area contributed by atoms with Crippen LogP contribution in [-0.2, 0) is 6.42 Å². The summed E-state index contributed by atoms with van der Waals surface area (Å²) in [5, 5.41) is 1.28. The van der Waals surface area contributed by atoms with E-state index in [-0.39, 0.29) is 17.6 Å². The Balaban J connectivity index is 1.42. The van der Waals surface area contributed by atoms with Crippen molar-refractivity contribution in [3.63, 3.8) is 0 Å². The van der Waals surface area contributed by atoms with E-state index in [2.05, 4.69) is 6.92 Å². The van der Waals surface area contributed by atoms with Crippen molar-refractivity contribution in [3.8, 4) is 0 Å². The van der Waals surface area contributed by atoms with Gasteiger partial charge in [0.2, 0.25) is 0 Å². The topological polar surface area (TPSA) is 0 Å². The Morgan fingerprint density at radius 1 is 0.939 bits per heavy atom. The molecule has 4 rings (SSSR count). The third-order valence-electron chi connectivity index (χ3n) is 8.59. The predicted molar refractivity (Wildman–Crippen MR) is 137 cm³/mol. The van der Waals surface area contributed by atoms with Gasteiger partial charge in [-0.2, -0.15) is 0 Å². The van der Waals surface area contributed by atoms with Crippen LogP contribution < -0.4 is 0 Å².